The Labute approximate surface area is 583 Å². The third kappa shape index (κ3) is 30.3. The number of hydrogen-bond donors (Lipinski definition) is 21. The molecule has 2 rings (SSSR count). The van der Waals surface area contributed by atoms with Crippen LogP contribution in [0.4, 0.5) is 0 Å². The molecule has 14 amide bonds. The third-order valence-corrected chi connectivity index (χ3v) is 16.0. The molecule has 42 heteroatoms. The van der Waals surface area contributed by atoms with E-state index in [0.29, 0.717) is 4.90 Å². The van der Waals surface area contributed by atoms with Crippen LogP contribution in [0.2, 0.25) is 0 Å². The Morgan fingerprint density at radius 1 is 0.500 bits per heavy atom. The summed E-state index contributed by atoms with van der Waals surface area (Å²) in [5, 5.41) is 104. The van der Waals surface area contributed by atoms with Crippen molar-refractivity contribution < 1.29 is 132 Å². The summed E-state index contributed by atoms with van der Waals surface area (Å²) in [4.78, 5) is 249. The highest BCUT2D eigenvalue weighted by Crippen LogP contribution is 2.23. The lowest BCUT2D eigenvalue weighted by Crippen LogP contribution is -2.62. The molecule has 0 bridgehead atoms. The molecular weight excluding hydrogens is 1360 g/mol. The fourth-order valence-electron chi connectivity index (χ4n) is 10.5. The van der Waals surface area contributed by atoms with Crippen LogP contribution in [0.5, 0.6) is 0 Å². The van der Waals surface area contributed by atoms with Crippen LogP contribution in [0.3, 0.4) is 0 Å². The summed E-state index contributed by atoms with van der Waals surface area (Å²) < 4.78 is 0. The zero-order valence-corrected chi connectivity index (χ0v) is 57.2. The van der Waals surface area contributed by atoms with Crippen LogP contribution in [-0.4, -0.2) is 281 Å². The molecule has 572 valence electrons. The van der Waals surface area contributed by atoms with Gasteiger partial charge in [-0.2, -0.15) is 0 Å². The number of aliphatic hydroxyl groups is 3. The second kappa shape index (κ2) is 42.1. The van der Waals surface area contributed by atoms with E-state index in [9.17, 15) is 127 Å². The first-order valence-corrected chi connectivity index (χ1v) is 32.5. The maximum Gasteiger partial charge on any atom is 0.326 e. The van der Waals surface area contributed by atoms with Gasteiger partial charge >= 0.3 is 29.8 Å². The zero-order chi connectivity index (χ0) is 77.7. The molecule has 2 aliphatic rings. The van der Waals surface area contributed by atoms with Crippen molar-refractivity contribution >= 4 is 113 Å². The van der Waals surface area contributed by atoms with Gasteiger partial charge in [0.15, 0.2) is 0 Å². The van der Waals surface area contributed by atoms with Gasteiger partial charge in [-0.25, -0.2) is 4.79 Å². The van der Waals surface area contributed by atoms with Gasteiger partial charge in [-0.1, -0.05) is 27.7 Å². The minimum absolute atomic E-state index is 0.0425. The molecule has 42 nitrogen and oxygen atoms in total. The molecular formula is C60H95N15O27. The maximum absolute atomic E-state index is 14.5. The smallest absolute Gasteiger partial charge is 0.326 e. The molecule has 0 aliphatic carbocycles. The molecule has 0 spiro atoms. The summed E-state index contributed by atoms with van der Waals surface area (Å²) in [7, 11) is 1.02. The summed E-state index contributed by atoms with van der Waals surface area (Å²) in [5.74, 6) is -24.4. The standard InChI is InChI=1S/C60H95N15O27/c1-25(2)18-37(58(99)75-24-30(78)20-39(75)56(97)70-36(21-41(62)80)54(95)67-33(10-15-44(84)85)51(92)69-34(60(101)102)11-16-45(86)87)71-52(93)32(9-14-43(82)83)66-49(90)27(5)65-42(81)23-64-50(91)31(8-13-40(61)79)68-55(96)38(12-17-46(88)89)74(7)59(100)48(28(6)76)73-57(98)47(26(3)4)72-53(94)35-19-29(77)22-63-35/h25-39,47-48,63,76-78H,8-24H2,1-7H3,(H2,61,79)(H2,62,80)(H,64,91)(H,65,81)(H,66,90)(H,67,95)(H,68,96)(H,69,92)(H,70,97)(H,71,93)(H,72,94)(H,73,98)(H,82,83)(H,84,85)(H,86,87)(H,88,89)(H,101,102)/t27-,28+,29+,30+,31-,32-,33-,34-,35-,36+,37-,38-,39-,47-,48-/m0/s1. The lowest BCUT2D eigenvalue weighted by molar-refractivity contribution is -0.146. The van der Waals surface area contributed by atoms with Crippen molar-refractivity contribution in [2.75, 3.05) is 26.7 Å². The van der Waals surface area contributed by atoms with Crippen molar-refractivity contribution in [2.45, 2.75) is 222 Å². The van der Waals surface area contributed by atoms with Gasteiger partial charge in [0.25, 0.3) is 0 Å². The molecule has 2 heterocycles. The quantitative estimate of drug-likeness (QED) is 0.0269. The average Bonchev–Trinajstić information content (AvgIpc) is 1.59. The first kappa shape index (κ1) is 87.9. The van der Waals surface area contributed by atoms with E-state index in [4.69, 9.17) is 16.6 Å². The number of carboxylic acids is 5. The SMILES string of the molecule is CC(C)C[C@H](NC(=O)[C@H](CCC(=O)O)NC(=O)[C@H](C)NC(=O)CNC(=O)[C@H](CCC(N)=O)NC(=O)[C@H](CCC(=O)O)N(C)C(=O)[C@@H](NC(=O)[C@@H](NC(=O)[C@@H]1C[C@@H](O)CN1)C(C)C)[C@@H](C)O)C(=O)N1C[C@H](O)C[C@H]1C(=O)N[C@H](CC(N)=O)C(=O)N[C@@H](CCC(=O)O)C(=O)N[C@@H](CCC(=O)O)C(=O)O. The van der Waals surface area contributed by atoms with Crippen LogP contribution >= 0.6 is 0 Å². The van der Waals surface area contributed by atoms with E-state index in [0.717, 1.165) is 25.8 Å². The number of primary amides is 2. The van der Waals surface area contributed by atoms with Crippen LogP contribution in [0.25, 0.3) is 0 Å². The van der Waals surface area contributed by atoms with Crippen molar-refractivity contribution in [2.24, 2.45) is 23.3 Å². The number of nitrogens with two attached hydrogens (primary N) is 2. The van der Waals surface area contributed by atoms with Gasteiger partial charge in [-0.15, -0.1) is 0 Å². The summed E-state index contributed by atoms with van der Waals surface area (Å²) in [5.41, 5.74) is 10.7. The van der Waals surface area contributed by atoms with Crippen molar-refractivity contribution in [3.63, 3.8) is 0 Å². The minimum Gasteiger partial charge on any atom is -0.481 e. The molecule has 0 unspecified atom stereocenters. The summed E-state index contributed by atoms with van der Waals surface area (Å²) in [6.45, 7) is 7.06. The Morgan fingerprint density at radius 2 is 0.980 bits per heavy atom. The number of amides is 14. The first-order chi connectivity index (χ1) is 47.4. The third-order valence-electron chi connectivity index (χ3n) is 16.0. The van der Waals surface area contributed by atoms with Crippen molar-refractivity contribution in [3.05, 3.63) is 0 Å². The molecule has 23 N–H and O–H groups in total. The molecule has 0 aromatic heterocycles. The van der Waals surface area contributed by atoms with Crippen molar-refractivity contribution in [1.29, 1.82) is 0 Å². The largest absolute Gasteiger partial charge is 0.481 e. The van der Waals surface area contributed by atoms with Gasteiger partial charge in [-0.05, 0) is 70.6 Å². The Hall–Kier alpha value is -10.2. The topological polar surface area (TPSA) is 677 Å². The van der Waals surface area contributed by atoms with Crippen LogP contribution in [0.1, 0.15) is 131 Å². The van der Waals surface area contributed by atoms with Gasteiger partial charge in [0.1, 0.15) is 66.5 Å². The van der Waals surface area contributed by atoms with Crippen molar-refractivity contribution in [3.8, 4) is 0 Å². The number of carbonyl (C=O) groups is 19. The van der Waals surface area contributed by atoms with Crippen LogP contribution in [0, 0.1) is 11.8 Å². The van der Waals surface area contributed by atoms with E-state index < -0.39 is 305 Å². The number of β-amino-alcohol motifs (C(OH)–C–C–N with tert-alkyl or cyclic N) is 2. The molecule has 0 radical (unpaired) electrons. The Morgan fingerprint density at radius 3 is 1.46 bits per heavy atom. The van der Waals surface area contributed by atoms with E-state index in [-0.39, 0.29) is 19.4 Å². The van der Waals surface area contributed by atoms with Gasteiger partial charge in [-0.3, -0.25) is 86.3 Å². The highest BCUT2D eigenvalue weighted by Gasteiger charge is 2.45. The van der Waals surface area contributed by atoms with E-state index in [1.54, 1.807) is 27.7 Å². The Kier molecular flexibility index (Phi) is 36.3. The number of likely N-dealkylation sites (tertiary alicyclic amines) is 1. The first-order valence-electron chi connectivity index (χ1n) is 32.5. The predicted molar refractivity (Wildman–Crippen MR) is 344 cm³/mol. The number of carbonyl (C=O) groups excluding carboxylic acids is 14. The van der Waals surface area contributed by atoms with E-state index in [1.165, 1.54) is 0 Å². The molecule has 2 saturated heterocycles. The monoisotopic (exact) mass is 1460 g/mol. The molecule has 2 fully saturated rings. The number of aliphatic hydroxyl groups excluding tert-OH is 3. The van der Waals surface area contributed by atoms with Gasteiger partial charge in [0.2, 0.25) is 82.7 Å². The maximum atomic E-state index is 14.5. The minimum atomic E-state index is -2.00. The average molecular weight is 1460 g/mol. The molecule has 102 heavy (non-hydrogen) atoms. The van der Waals surface area contributed by atoms with Gasteiger partial charge < -0.3 is 121 Å². The summed E-state index contributed by atoms with van der Waals surface area (Å²) >= 11 is 0. The van der Waals surface area contributed by atoms with Crippen LogP contribution < -0.4 is 70.0 Å². The molecule has 0 aromatic carbocycles. The number of rotatable bonds is 45. The van der Waals surface area contributed by atoms with Crippen LogP contribution in [-0.2, 0) is 91.1 Å². The number of aliphatic carboxylic acids is 5. The second-order valence-corrected chi connectivity index (χ2v) is 25.4. The number of likely N-dealkylation sites (N-methyl/N-ethyl adjacent to an activating group) is 1. The molecule has 2 aliphatic heterocycles. The van der Waals surface area contributed by atoms with E-state index in [1.807, 2.05) is 5.32 Å². The number of carboxylic acid groups (broad SMARTS) is 5. The fourth-order valence-corrected chi connectivity index (χ4v) is 10.5. The lowest BCUT2D eigenvalue weighted by Gasteiger charge is -2.33. The number of nitrogens with zero attached hydrogens (tertiary/aromatic N) is 2. The molecule has 0 aromatic rings. The van der Waals surface area contributed by atoms with Crippen LogP contribution in [0.15, 0.2) is 0 Å². The highest BCUT2D eigenvalue weighted by molar-refractivity contribution is 6.01. The Bertz CT molecular complexity index is 3100. The lowest BCUT2D eigenvalue weighted by atomic mass is 10.0. The van der Waals surface area contributed by atoms with Crippen molar-refractivity contribution in [1.82, 2.24) is 68.3 Å². The highest BCUT2D eigenvalue weighted by atomic mass is 16.4. The Balaban J connectivity index is 2.34. The fraction of sp³-hybridized carbons (Fsp3) is 0.683. The number of hydrogen-bond acceptors (Lipinski definition) is 23. The normalized spacial score (nSPS) is 18.8. The number of nitrogens with one attached hydrogen (secondary N) is 11. The summed E-state index contributed by atoms with van der Waals surface area (Å²) in [6.07, 6.45) is -12.6. The molecule has 0 saturated carbocycles. The van der Waals surface area contributed by atoms with E-state index in [2.05, 4.69) is 53.2 Å². The second-order valence-electron chi connectivity index (χ2n) is 25.4. The van der Waals surface area contributed by atoms with E-state index >= 15 is 0 Å². The molecule has 15 atom stereocenters. The predicted octanol–water partition coefficient (Wildman–Crippen LogP) is -9.24. The van der Waals surface area contributed by atoms with Gasteiger partial charge in [0.05, 0.1) is 37.3 Å². The van der Waals surface area contributed by atoms with Gasteiger partial charge in [0, 0.05) is 58.7 Å². The summed E-state index contributed by atoms with van der Waals surface area (Å²) in [6, 6.07) is -20.0. The zero-order valence-electron chi connectivity index (χ0n) is 57.2.